The molecule has 3 aromatic carbocycles. The molecule has 0 saturated carbocycles. The quantitative estimate of drug-likeness (QED) is 0.612. The summed E-state index contributed by atoms with van der Waals surface area (Å²) in [6.45, 7) is 2.30. The molecule has 1 aliphatic rings. The Morgan fingerprint density at radius 3 is 2.42 bits per heavy atom. The van der Waals surface area contributed by atoms with Gasteiger partial charge in [-0.25, -0.2) is 4.79 Å². The van der Waals surface area contributed by atoms with Gasteiger partial charge in [-0.05, 0) is 36.8 Å². The average Bonchev–Trinajstić information content (AvgIpc) is 3.03. The van der Waals surface area contributed by atoms with Crippen molar-refractivity contribution in [2.24, 2.45) is 0 Å². The van der Waals surface area contributed by atoms with Gasteiger partial charge < -0.3 is 19.5 Å². The molecule has 0 spiro atoms. The van der Waals surface area contributed by atoms with Crippen LogP contribution in [-0.4, -0.2) is 30.6 Å². The molecule has 1 unspecified atom stereocenters. The number of rotatable bonds is 6. The molecule has 1 heterocycles. The number of likely N-dealkylation sites (N-methyl/N-ethyl adjacent to an activating group) is 1. The number of aromatic hydroxyl groups is 1. The third kappa shape index (κ3) is 3.50. The molecule has 1 amide bonds. The summed E-state index contributed by atoms with van der Waals surface area (Å²) in [6.07, 6.45) is -0.00620. The van der Waals surface area contributed by atoms with Crippen molar-refractivity contribution in [1.29, 1.82) is 0 Å². The zero-order valence-corrected chi connectivity index (χ0v) is 17.4. The Morgan fingerprint density at radius 1 is 1.03 bits per heavy atom. The summed E-state index contributed by atoms with van der Waals surface area (Å²) >= 11 is 0. The van der Waals surface area contributed by atoms with Gasteiger partial charge in [-0.2, -0.15) is 0 Å². The number of para-hydroxylation sites is 1. The number of anilines is 1. The molecule has 4 rings (SSSR count). The van der Waals surface area contributed by atoms with Crippen molar-refractivity contribution in [1.82, 2.24) is 0 Å². The molecule has 0 saturated heterocycles. The van der Waals surface area contributed by atoms with Crippen LogP contribution in [0.5, 0.6) is 11.5 Å². The van der Waals surface area contributed by atoms with Crippen LogP contribution >= 0.6 is 0 Å². The van der Waals surface area contributed by atoms with Crippen molar-refractivity contribution in [3.05, 3.63) is 89.5 Å². The fourth-order valence-electron chi connectivity index (χ4n) is 3.99. The highest BCUT2D eigenvalue weighted by Gasteiger charge is 2.54. The fourth-order valence-corrected chi connectivity index (χ4v) is 3.99. The van der Waals surface area contributed by atoms with Crippen LogP contribution in [0.1, 0.15) is 28.4 Å². The lowest BCUT2D eigenvalue weighted by Crippen LogP contribution is -2.45. The van der Waals surface area contributed by atoms with Crippen LogP contribution in [-0.2, 0) is 21.6 Å². The van der Waals surface area contributed by atoms with E-state index in [2.05, 4.69) is 0 Å². The maximum Gasteiger partial charge on any atom is 0.339 e. The van der Waals surface area contributed by atoms with Crippen LogP contribution < -0.4 is 9.64 Å². The lowest BCUT2D eigenvalue weighted by molar-refractivity contribution is -0.137. The van der Waals surface area contributed by atoms with Gasteiger partial charge in [0, 0.05) is 24.6 Å². The van der Waals surface area contributed by atoms with E-state index in [1.165, 1.54) is 13.2 Å². The van der Waals surface area contributed by atoms with E-state index < -0.39 is 11.6 Å². The van der Waals surface area contributed by atoms with Crippen LogP contribution in [0.4, 0.5) is 5.69 Å². The van der Waals surface area contributed by atoms with Gasteiger partial charge in [-0.15, -0.1) is 0 Å². The van der Waals surface area contributed by atoms with Gasteiger partial charge in [0.25, 0.3) is 5.91 Å². The zero-order chi connectivity index (χ0) is 22.0. The lowest BCUT2D eigenvalue weighted by atomic mass is 9.87. The largest absolute Gasteiger partial charge is 0.508 e. The smallest absolute Gasteiger partial charge is 0.339 e. The molecule has 3 aromatic rings. The number of nitrogens with zero attached hydrogens (tertiary/aromatic N) is 1. The van der Waals surface area contributed by atoms with Gasteiger partial charge in [-0.3, -0.25) is 4.79 Å². The predicted molar refractivity (Wildman–Crippen MR) is 116 cm³/mol. The van der Waals surface area contributed by atoms with E-state index in [9.17, 15) is 14.7 Å². The van der Waals surface area contributed by atoms with E-state index in [-0.39, 0.29) is 18.1 Å². The van der Waals surface area contributed by atoms with Crippen molar-refractivity contribution in [2.75, 3.05) is 18.6 Å². The van der Waals surface area contributed by atoms with Gasteiger partial charge >= 0.3 is 5.97 Å². The highest BCUT2D eigenvalue weighted by molar-refractivity contribution is 6.09. The molecule has 158 valence electrons. The first-order chi connectivity index (χ1) is 15.0. The summed E-state index contributed by atoms with van der Waals surface area (Å²) in [6, 6.07) is 20.7. The number of esters is 1. The number of fused-ring (bicyclic) bond motifs is 1. The molecule has 0 aromatic heterocycles. The molecular formula is C25H23NO5. The first-order valence-corrected chi connectivity index (χ1v) is 10.1. The number of hydrogen-bond acceptors (Lipinski definition) is 5. The van der Waals surface area contributed by atoms with Crippen LogP contribution in [0, 0.1) is 0 Å². The number of ether oxygens (including phenoxy) is 2. The average molecular weight is 417 g/mol. The Kier molecular flexibility index (Phi) is 5.38. The van der Waals surface area contributed by atoms with Crippen molar-refractivity contribution < 1.29 is 24.2 Å². The molecule has 6 heteroatoms. The van der Waals surface area contributed by atoms with Crippen LogP contribution in [0.3, 0.4) is 0 Å². The summed E-state index contributed by atoms with van der Waals surface area (Å²) in [5.74, 6) is -0.481. The van der Waals surface area contributed by atoms with E-state index in [0.717, 1.165) is 0 Å². The molecule has 1 N–H and O–H groups in total. The second-order valence-electron chi connectivity index (χ2n) is 7.32. The monoisotopic (exact) mass is 417 g/mol. The summed E-state index contributed by atoms with van der Waals surface area (Å²) < 4.78 is 11.2. The standard InChI is InChI=1S/C25H23NO5/c1-3-26-21-12-8-7-11-20(21)25(24(26)29,31-23(28)17-9-5-4-6-10-17)16-18-13-14-19(30-2)15-22(18)27/h4-15,27H,3,16H2,1-2H3. The molecule has 0 radical (unpaired) electrons. The first kappa shape index (κ1) is 20.5. The Balaban J connectivity index is 1.84. The highest BCUT2D eigenvalue weighted by atomic mass is 16.6. The van der Waals surface area contributed by atoms with E-state index in [4.69, 9.17) is 9.47 Å². The van der Waals surface area contributed by atoms with Crippen molar-refractivity contribution >= 4 is 17.6 Å². The third-order valence-corrected chi connectivity index (χ3v) is 5.55. The maximum atomic E-state index is 13.7. The van der Waals surface area contributed by atoms with Crippen LogP contribution in [0.15, 0.2) is 72.8 Å². The fraction of sp³-hybridized carbons (Fsp3) is 0.200. The summed E-state index contributed by atoms with van der Waals surface area (Å²) in [4.78, 5) is 28.3. The Morgan fingerprint density at radius 2 is 1.74 bits per heavy atom. The van der Waals surface area contributed by atoms with E-state index in [0.29, 0.717) is 34.7 Å². The van der Waals surface area contributed by atoms with Gasteiger partial charge in [0.05, 0.1) is 18.4 Å². The Bertz CT molecular complexity index is 1130. The molecule has 0 aliphatic carbocycles. The van der Waals surface area contributed by atoms with E-state index in [1.807, 2.05) is 25.1 Å². The zero-order valence-electron chi connectivity index (χ0n) is 17.4. The minimum absolute atomic E-state index is 0.00620. The summed E-state index contributed by atoms with van der Waals surface area (Å²) in [7, 11) is 1.51. The van der Waals surface area contributed by atoms with Gasteiger partial charge in [-0.1, -0.05) is 42.5 Å². The number of benzene rings is 3. The first-order valence-electron chi connectivity index (χ1n) is 10.1. The topological polar surface area (TPSA) is 76.1 Å². The van der Waals surface area contributed by atoms with Crippen molar-refractivity contribution in [3.8, 4) is 11.5 Å². The Labute approximate surface area is 180 Å². The van der Waals surface area contributed by atoms with Crippen molar-refractivity contribution in [3.63, 3.8) is 0 Å². The molecule has 1 atom stereocenters. The molecule has 31 heavy (non-hydrogen) atoms. The predicted octanol–water partition coefficient (Wildman–Crippen LogP) is 4.06. The minimum atomic E-state index is -1.59. The molecular weight excluding hydrogens is 394 g/mol. The van der Waals surface area contributed by atoms with Gasteiger partial charge in [0.1, 0.15) is 11.5 Å². The van der Waals surface area contributed by atoms with Crippen LogP contribution in [0.2, 0.25) is 0 Å². The number of hydrogen-bond donors (Lipinski definition) is 1. The number of carbonyl (C=O) groups excluding carboxylic acids is 2. The normalized spacial score (nSPS) is 17.4. The third-order valence-electron chi connectivity index (χ3n) is 5.55. The lowest BCUT2D eigenvalue weighted by Gasteiger charge is -2.29. The SMILES string of the molecule is CCN1C(=O)C(Cc2ccc(OC)cc2O)(OC(=O)c2ccccc2)c2ccccc21. The number of phenolic OH excluding ortho intramolecular Hbond substituents is 1. The Hall–Kier alpha value is -3.80. The number of amides is 1. The summed E-state index contributed by atoms with van der Waals surface area (Å²) in [5, 5.41) is 10.6. The van der Waals surface area contributed by atoms with Crippen LogP contribution in [0.25, 0.3) is 0 Å². The minimum Gasteiger partial charge on any atom is -0.508 e. The molecule has 0 bridgehead atoms. The second kappa shape index (κ2) is 8.14. The maximum absolute atomic E-state index is 13.7. The molecule has 6 nitrogen and oxygen atoms in total. The highest BCUT2D eigenvalue weighted by Crippen LogP contribution is 2.46. The van der Waals surface area contributed by atoms with Gasteiger partial charge in [0.15, 0.2) is 0 Å². The summed E-state index contributed by atoms with van der Waals surface area (Å²) in [5.41, 5.74) is 0.528. The van der Waals surface area contributed by atoms with E-state index in [1.54, 1.807) is 53.4 Å². The van der Waals surface area contributed by atoms with E-state index >= 15 is 0 Å². The van der Waals surface area contributed by atoms with Gasteiger partial charge in [0.2, 0.25) is 5.60 Å². The van der Waals surface area contributed by atoms with Crippen molar-refractivity contribution in [2.45, 2.75) is 18.9 Å². The molecule has 1 aliphatic heterocycles. The number of carbonyl (C=O) groups is 2. The molecule has 0 fully saturated rings. The number of methoxy groups -OCH3 is 1. The number of phenols is 1. The second-order valence-corrected chi connectivity index (χ2v) is 7.32.